The van der Waals surface area contributed by atoms with E-state index in [4.69, 9.17) is 4.42 Å². The molecule has 1 aromatic heterocycles. The standard InChI is InChI=1S/C18H23N3O3/c1-5-21(6-2)18(23)15(14-10-8-7-9-11-14)20-17(22)16-12(3)19-13(4)24-16/h7-11,15H,5-6H2,1-4H3,(H,20,22)/t15-/m1/s1. The first-order chi connectivity index (χ1) is 11.5. The van der Waals surface area contributed by atoms with Gasteiger partial charge in [-0.15, -0.1) is 0 Å². The van der Waals surface area contributed by atoms with Crippen LogP contribution in [0.25, 0.3) is 0 Å². The van der Waals surface area contributed by atoms with E-state index in [1.54, 1.807) is 18.7 Å². The number of carbonyl (C=O) groups is 2. The van der Waals surface area contributed by atoms with Crippen molar-refractivity contribution < 1.29 is 14.0 Å². The minimum Gasteiger partial charge on any atom is -0.436 e. The predicted molar refractivity (Wildman–Crippen MR) is 90.6 cm³/mol. The molecule has 0 radical (unpaired) electrons. The van der Waals surface area contributed by atoms with Crippen molar-refractivity contribution in [3.05, 3.63) is 53.2 Å². The summed E-state index contributed by atoms with van der Waals surface area (Å²) in [6.45, 7) is 8.36. The van der Waals surface area contributed by atoms with Crippen LogP contribution in [0.5, 0.6) is 0 Å². The van der Waals surface area contributed by atoms with Crippen molar-refractivity contribution in [2.75, 3.05) is 13.1 Å². The third-order valence-corrected chi connectivity index (χ3v) is 3.84. The lowest BCUT2D eigenvalue weighted by Gasteiger charge is -2.26. The maximum absolute atomic E-state index is 12.8. The van der Waals surface area contributed by atoms with Crippen LogP contribution < -0.4 is 5.32 Å². The molecule has 2 aromatic rings. The molecule has 0 bridgehead atoms. The lowest BCUT2D eigenvalue weighted by Crippen LogP contribution is -2.43. The molecule has 1 atom stereocenters. The molecule has 0 spiro atoms. The van der Waals surface area contributed by atoms with Crippen LogP contribution in [0.15, 0.2) is 34.7 Å². The number of likely N-dealkylation sites (N-methyl/N-ethyl adjacent to an activating group) is 1. The highest BCUT2D eigenvalue weighted by atomic mass is 16.4. The third kappa shape index (κ3) is 3.82. The van der Waals surface area contributed by atoms with Crippen LogP contribution in [0.2, 0.25) is 0 Å². The zero-order chi connectivity index (χ0) is 17.7. The molecule has 1 N–H and O–H groups in total. The van der Waals surface area contributed by atoms with E-state index in [2.05, 4.69) is 10.3 Å². The number of nitrogens with zero attached hydrogens (tertiary/aromatic N) is 2. The van der Waals surface area contributed by atoms with E-state index < -0.39 is 11.9 Å². The van der Waals surface area contributed by atoms with Gasteiger partial charge in [-0.3, -0.25) is 9.59 Å². The molecule has 0 aliphatic rings. The monoisotopic (exact) mass is 329 g/mol. The minimum atomic E-state index is -0.761. The minimum absolute atomic E-state index is 0.140. The van der Waals surface area contributed by atoms with Gasteiger partial charge in [0.1, 0.15) is 6.04 Å². The van der Waals surface area contributed by atoms with E-state index in [1.165, 1.54) is 0 Å². The van der Waals surface area contributed by atoms with E-state index in [-0.39, 0.29) is 11.7 Å². The van der Waals surface area contributed by atoms with Crippen molar-refractivity contribution in [3.63, 3.8) is 0 Å². The number of amides is 2. The second kappa shape index (κ2) is 7.77. The Labute approximate surface area is 141 Å². The van der Waals surface area contributed by atoms with Crippen LogP contribution in [-0.2, 0) is 4.79 Å². The SMILES string of the molecule is CCN(CC)C(=O)[C@H](NC(=O)c1oc(C)nc1C)c1ccccc1. The molecule has 0 aliphatic heterocycles. The number of nitrogens with one attached hydrogen (secondary N) is 1. The Kier molecular flexibility index (Phi) is 5.73. The predicted octanol–water partition coefficient (Wildman–Crippen LogP) is 2.63. The first-order valence-corrected chi connectivity index (χ1v) is 8.06. The number of aryl methyl sites for hydroxylation is 2. The fraction of sp³-hybridized carbons (Fsp3) is 0.389. The highest BCUT2D eigenvalue weighted by Crippen LogP contribution is 2.18. The van der Waals surface area contributed by atoms with Gasteiger partial charge in [-0.1, -0.05) is 30.3 Å². The Morgan fingerprint density at radius 3 is 2.29 bits per heavy atom. The van der Waals surface area contributed by atoms with Gasteiger partial charge >= 0.3 is 0 Å². The normalized spacial score (nSPS) is 11.8. The molecule has 6 nitrogen and oxygen atoms in total. The van der Waals surface area contributed by atoms with Crippen LogP contribution in [0.4, 0.5) is 0 Å². The zero-order valence-electron chi connectivity index (χ0n) is 14.5. The quantitative estimate of drug-likeness (QED) is 0.884. The van der Waals surface area contributed by atoms with Crippen LogP contribution in [0, 0.1) is 13.8 Å². The summed E-state index contributed by atoms with van der Waals surface area (Å²) in [7, 11) is 0. The summed E-state index contributed by atoms with van der Waals surface area (Å²) in [5.41, 5.74) is 1.24. The summed E-state index contributed by atoms with van der Waals surface area (Å²) in [5, 5.41) is 2.79. The lowest BCUT2D eigenvalue weighted by molar-refractivity contribution is -0.133. The highest BCUT2D eigenvalue weighted by Gasteiger charge is 2.28. The summed E-state index contributed by atoms with van der Waals surface area (Å²) in [5.74, 6) is -0.0272. The average molecular weight is 329 g/mol. The van der Waals surface area contributed by atoms with Gasteiger partial charge in [-0.2, -0.15) is 0 Å². The van der Waals surface area contributed by atoms with E-state index in [0.29, 0.717) is 24.7 Å². The fourth-order valence-corrected chi connectivity index (χ4v) is 2.59. The third-order valence-electron chi connectivity index (χ3n) is 3.84. The van der Waals surface area contributed by atoms with Gasteiger partial charge in [0, 0.05) is 20.0 Å². The molecule has 0 fully saturated rings. The number of rotatable bonds is 6. The zero-order valence-corrected chi connectivity index (χ0v) is 14.5. The van der Waals surface area contributed by atoms with Crippen molar-refractivity contribution in [1.29, 1.82) is 0 Å². The molecule has 2 amide bonds. The van der Waals surface area contributed by atoms with Crippen LogP contribution in [0.1, 0.15) is 47.6 Å². The molecule has 0 saturated carbocycles. The van der Waals surface area contributed by atoms with Gasteiger partial charge < -0.3 is 14.6 Å². The van der Waals surface area contributed by atoms with E-state index >= 15 is 0 Å². The second-order valence-electron chi connectivity index (χ2n) is 5.48. The van der Waals surface area contributed by atoms with Crippen molar-refractivity contribution in [2.45, 2.75) is 33.7 Å². The molecular formula is C18H23N3O3. The summed E-state index contributed by atoms with van der Waals surface area (Å²) < 4.78 is 5.36. The molecule has 6 heteroatoms. The van der Waals surface area contributed by atoms with Gasteiger partial charge in [0.2, 0.25) is 11.7 Å². The van der Waals surface area contributed by atoms with Gasteiger partial charge in [0.25, 0.3) is 5.91 Å². The van der Waals surface area contributed by atoms with Crippen molar-refractivity contribution in [3.8, 4) is 0 Å². The van der Waals surface area contributed by atoms with Gasteiger partial charge in [-0.05, 0) is 26.3 Å². The summed E-state index contributed by atoms with van der Waals surface area (Å²) in [6.07, 6.45) is 0. The van der Waals surface area contributed by atoms with Crippen molar-refractivity contribution in [2.24, 2.45) is 0 Å². The molecule has 24 heavy (non-hydrogen) atoms. The Bertz CT molecular complexity index is 706. The van der Waals surface area contributed by atoms with Crippen LogP contribution >= 0.6 is 0 Å². The number of aromatic nitrogens is 1. The first kappa shape index (κ1) is 17.7. The molecule has 1 heterocycles. The highest BCUT2D eigenvalue weighted by molar-refractivity contribution is 5.96. The largest absolute Gasteiger partial charge is 0.436 e. The Balaban J connectivity index is 2.31. The molecule has 2 rings (SSSR count). The molecule has 128 valence electrons. The van der Waals surface area contributed by atoms with Crippen LogP contribution in [-0.4, -0.2) is 34.8 Å². The van der Waals surface area contributed by atoms with Gasteiger partial charge in [-0.25, -0.2) is 4.98 Å². The molecule has 0 aliphatic carbocycles. The summed E-state index contributed by atoms with van der Waals surface area (Å²) >= 11 is 0. The lowest BCUT2D eigenvalue weighted by atomic mass is 10.1. The van der Waals surface area contributed by atoms with E-state index in [9.17, 15) is 9.59 Å². The number of benzene rings is 1. The Hall–Kier alpha value is -2.63. The Morgan fingerprint density at radius 2 is 1.79 bits per heavy atom. The summed E-state index contributed by atoms with van der Waals surface area (Å²) in [6, 6.07) is 8.44. The number of hydrogen-bond acceptors (Lipinski definition) is 4. The van der Waals surface area contributed by atoms with Crippen molar-refractivity contribution in [1.82, 2.24) is 15.2 Å². The molecule has 1 aromatic carbocycles. The molecular weight excluding hydrogens is 306 g/mol. The fourth-order valence-electron chi connectivity index (χ4n) is 2.59. The van der Waals surface area contributed by atoms with Crippen LogP contribution in [0.3, 0.4) is 0 Å². The second-order valence-corrected chi connectivity index (χ2v) is 5.48. The number of oxazole rings is 1. The summed E-state index contributed by atoms with van der Waals surface area (Å²) in [4.78, 5) is 31.2. The average Bonchev–Trinajstić information content (AvgIpc) is 2.92. The number of hydrogen-bond donors (Lipinski definition) is 1. The van der Waals surface area contributed by atoms with E-state index in [0.717, 1.165) is 5.56 Å². The Morgan fingerprint density at radius 1 is 1.17 bits per heavy atom. The smallest absolute Gasteiger partial charge is 0.289 e. The van der Waals surface area contributed by atoms with Gasteiger partial charge in [0.15, 0.2) is 5.89 Å². The van der Waals surface area contributed by atoms with E-state index in [1.807, 2.05) is 44.2 Å². The van der Waals surface area contributed by atoms with Gasteiger partial charge in [0.05, 0.1) is 5.69 Å². The molecule has 0 saturated heterocycles. The molecule has 0 unspecified atom stereocenters. The topological polar surface area (TPSA) is 75.4 Å². The number of carbonyl (C=O) groups excluding carboxylic acids is 2. The maximum atomic E-state index is 12.8. The first-order valence-electron chi connectivity index (χ1n) is 8.06. The maximum Gasteiger partial charge on any atom is 0.289 e. The van der Waals surface area contributed by atoms with Crippen molar-refractivity contribution >= 4 is 11.8 Å².